The van der Waals surface area contributed by atoms with E-state index in [0.29, 0.717) is 41.6 Å². The molecule has 142 valence electrons. The van der Waals surface area contributed by atoms with E-state index in [2.05, 4.69) is 24.8 Å². The fraction of sp³-hybridized carbons (Fsp3) is 0.333. The monoisotopic (exact) mass is 395 g/mol. The molecule has 0 radical (unpaired) electrons. The summed E-state index contributed by atoms with van der Waals surface area (Å²) in [5.74, 6) is 1.31. The Morgan fingerprint density at radius 3 is 2.74 bits per heavy atom. The van der Waals surface area contributed by atoms with Gasteiger partial charge in [-0.15, -0.1) is 0 Å². The van der Waals surface area contributed by atoms with Crippen LogP contribution in [0.4, 0.5) is 24.9 Å². The SMILES string of the molecule is CC1CN(c2ncccc2Cl)CCN1c1nc2ccc(C(F)(F)F)cc2[nH]1. The first kappa shape index (κ1) is 17.9. The highest BCUT2D eigenvalue weighted by atomic mass is 35.5. The van der Waals surface area contributed by atoms with Crippen molar-refractivity contribution < 1.29 is 13.2 Å². The second kappa shape index (κ2) is 6.60. The predicted octanol–water partition coefficient (Wildman–Crippen LogP) is 4.35. The third-order valence-corrected chi connectivity index (χ3v) is 5.03. The van der Waals surface area contributed by atoms with E-state index in [4.69, 9.17) is 11.6 Å². The Morgan fingerprint density at radius 2 is 2.04 bits per heavy atom. The molecule has 5 nitrogen and oxygen atoms in total. The van der Waals surface area contributed by atoms with E-state index in [0.717, 1.165) is 18.0 Å². The number of aromatic amines is 1. The highest BCUT2D eigenvalue weighted by Crippen LogP contribution is 2.32. The van der Waals surface area contributed by atoms with Crippen molar-refractivity contribution in [3.8, 4) is 0 Å². The largest absolute Gasteiger partial charge is 0.416 e. The zero-order valence-electron chi connectivity index (χ0n) is 14.5. The van der Waals surface area contributed by atoms with Gasteiger partial charge in [0.15, 0.2) is 0 Å². The van der Waals surface area contributed by atoms with Crippen molar-refractivity contribution in [1.82, 2.24) is 15.0 Å². The summed E-state index contributed by atoms with van der Waals surface area (Å²) in [5, 5.41) is 0.599. The van der Waals surface area contributed by atoms with E-state index >= 15 is 0 Å². The van der Waals surface area contributed by atoms with Crippen molar-refractivity contribution in [2.24, 2.45) is 0 Å². The summed E-state index contributed by atoms with van der Waals surface area (Å²) in [6, 6.07) is 7.22. The average molecular weight is 396 g/mol. The smallest absolute Gasteiger partial charge is 0.352 e. The van der Waals surface area contributed by atoms with Crippen molar-refractivity contribution in [2.45, 2.75) is 19.1 Å². The Labute approximate surface area is 158 Å². The number of imidazole rings is 1. The van der Waals surface area contributed by atoms with Crippen molar-refractivity contribution in [1.29, 1.82) is 0 Å². The molecule has 27 heavy (non-hydrogen) atoms. The topological polar surface area (TPSA) is 48.1 Å². The molecule has 1 unspecified atom stereocenters. The Hall–Kier alpha value is -2.48. The van der Waals surface area contributed by atoms with Gasteiger partial charge in [-0.05, 0) is 37.3 Å². The molecule has 9 heteroatoms. The molecule has 3 heterocycles. The molecule has 1 aromatic carbocycles. The van der Waals surface area contributed by atoms with Gasteiger partial charge in [0.2, 0.25) is 5.95 Å². The number of halogens is 4. The molecule has 1 saturated heterocycles. The number of aromatic nitrogens is 3. The molecule has 0 saturated carbocycles. The second-order valence-electron chi connectivity index (χ2n) is 6.59. The number of alkyl halides is 3. The van der Waals surface area contributed by atoms with Crippen molar-refractivity contribution >= 4 is 34.4 Å². The van der Waals surface area contributed by atoms with Gasteiger partial charge in [-0.1, -0.05) is 11.6 Å². The first-order valence-electron chi connectivity index (χ1n) is 8.52. The number of nitrogens with one attached hydrogen (secondary N) is 1. The maximum absolute atomic E-state index is 12.9. The molecule has 1 atom stereocenters. The number of nitrogens with zero attached hydrogens (tertiary/aromatic N) is 4. The first-order valence-corrected chi connectivity index (χ1v) is 8.90. The summed E-state index contributed by atoms with van der Waals surface area (Å²) in [7, 11) is 0. The van der Waals surface area contributed by atoms with Crippen LogP contribution >= 0.6 is 11.6 Å². The minimum atomic E-state index is -4.37. The summed E-state index contributed by atoms with van der Waals surface area (Å²) < 4.78 is 38.7. The van der Waals surface area contributed by atoms with Crippen LogP contribution in [0.2, 0.25) is 5.02 Å². The summed E-state index contributed by atoms with van der Waals surface area (Å²) in [5.41, 5.74) is 0.204. The summed E-state index contributed by atoms with van der Waals surface area (Å²) in [4.78, 5) is 16.0. The van der Waals surface area contributed by atoms with Crippen molar-refractivity contribution in [3.63, 3.8) is 0 Å². The van der Waals surface area contributed by atoms with Gasteiger partial charge < -0.3 is 14.8 Å². The lowest BCUT2D eigenvalue weighted by atomic mass is 10.2. The van der Waals surface area contributed by atoms with Gasteiger partial charge in [0.25, 0.3) is 0 Å². The van der Waals surface area contributed by atoms with Gasteiger partial charge in [0, 0.05) is 31.9 Å². The summed E-state index contributed by atoms with van der Waals surface area (Å²) in [6.45, 7) is 4.06. The first-order chi connectivity index (χ1) is 12.8. The molecule has 4 rings (SSSR count). The number of fused-ring (bicyclic) bond motifs is 1. The van der Waals surface area contributed by atoms with Gasteiger partial charge in [0.05, 0.1) is 21.6 Å². The number of anilines is 2. The number of hydrogen-bond acceptors (Lipinski definition) is 4. The summed E-state index contributed by atoms with van der Waals surface area (Å²) >= 11 is 6.24. The van der Waals surface area contributed by atoms with E-state index in [1.165, 1.54) is 6.07 Å². The van der Waals surface area contributed by atoms with Crippen LogP contribution in [0.3, 0.4) is 0 Å². The maximum Gasteiger partial charge on any atom is 0.416 e. The maximum atomic E-state index is 12.9. The molecule has 0 aliphatic carbocycles. The van der Waals surface area contributed by atoms with E-state index in [1.54, 1.807) is 18.3 Å². The number of pyridine rings is 1. The van der Waals surface area contributed by atoms with Crippen molar-refractivity contribution in [3.05, 3.63) is 47.1 Å². The molecule has 0 amide bonds. The van der Waals surface area contributed by atoms with Crippen LogP contribution in [0.5, 0.6) is 0 Å². The molecule has 1 N–H and O–H groups in total. The predicted molar refractivity (Wildman–Crippen MR) is 99.4 cm³/mol. The Balaban J connectivity index is 1.57. The van der Waals surface area contributed by atoms with Crippen LogP contribution in [0, 0.1) is 0 Å². The van der Waals surface area contributed by atoms with Gasteiger partial charge in [-0.25, -0.2) is 9.97 Å². The van der Waals surface area contributed by atoms with Gasteiger partial charge in [-0.3, -0.25) is 0 Å². The van der Waals surface area contributed by atoms with Crippen LogP contribution < -0.4 is 9.80 Å². The highest BCUT2D eigenvalue weighted by molar-refractivity contribution is 6.32. The molecule has 3 aromatic rings. The van der Waals surface area contributed by atoms with Crippen LogP contribution in [-0.4, -0.2) is 40.6 Å². The van der Waals surface area contributed by atoms with Gasteiger partial charge >= 0.3 is 6.18 Å². The van der Waals surface area contributed by atoms with E-state index in [9.17, 15) is 13.2 Å². The third-order valence-electron chi connectivity index (χ3n) is 4.73. The normalized spacial score (nSPS) is 18.3. The van der Waals surface area contributed by atoms with Gasteiger partial charge in [-0.2, -0.15) is 13.2 Å². The second-order valence-corrected chi connectivity index (χ2v) is 6.99. The number of benzene rings is 1. The van der Waals surface area contributed by atoms with Gasteiger partial charge in [0.1, 0.15) is 5.82 Å². The highest BCUT2D eigenvalue weighted by Gasteiger charge is 2.31. The zero-order valence-corrected chi connectivity index (χ0v) is 15.2. The van der Waals surface area contributed by atoms with Crippen LogP contribution in [0.15, 0.2) is 36.5 Å². The van der Waals surface area contributed by atoms with Crippen LogP contribution in [-0.2, 0) is 6.18 Å². The zero-order chi connectivity index (χ0) is 19.2. The number of hydrogen-bond donors (Lipinski definition) is 1. The minimum Gasteiger partial charge on any atom is -0.352 e. The number of H-pyrrole nitrogens is 1. The summed E-state index contributed by atoms with van der Waals surface area (Å²) in [6.07, 6.45) is -2.67. The minimum absolute atomic E-state index is 0.0828. The standard InChI is InChI=1S/C18H17ClF3N5/c1-11-10-26(16-13(19)3-2-6-23-16)7-8-27(11)17-24-14-5-4-12(18(20,21)22)9-15(14)25-17/h2-6,9,11H,7-8,10H2,1H3,(H,24,25). The van der Waals surface area contributed by atoms with Crippen LogP contribution in [0.1, 0.15) is 12.5 Å². The van der Waals surface area contributed by atoms with E-state index < -0.39 is 11.7 Å². The molecular formula is C18H17ClF3N5. The Bertz CT molecular complexity index is 971. The van der Waals surface area contributed by atoms with Crippen molar-refractivity contribution in [2.75, 3.05) is 29.4 Å². The third kappa shape index (κ3) is 3.41. The fourth-order valence-electron chi connectivity index (χ4n) is 3.38. The molecular weight excluding hydrogens is 379 g/mol. The molecule has 1 fully saturated rings. The molecule has 1 aliphatic rings. The average Bonchev–Trinajstić information content (AvgIpc) is 3.04. The Kier molecular flexibility index (Phi) is 4.38. The van der Waals surface area contributed by atoms with E-state index in [-0.39, 0.29) is 6.04 Å². The lowest BCUT2D eigenvalue weighted by molar-refractivity contribution is -0.137. The molecule has 2 aromatic heterocycles. The van der Waals surface area contributed by atoms with E-state index in [1.807, 2.05) is 6.92 Å². The lowest BCUT2D eigenvalue weighted by Gasteiger charge is -2.40. The number of rotatable bonds is 2. The van der Waals surface area contributed by atoms with Crippen LogP contribution in [0.25, 0.3) is 11.0 Å². The quantitative estimate of drug-likeness (QED) is 0.701. The molecule has 1 aliphatic heterocycles. The lowest BCUT2D eigenvalue weighted by Crippen LogP contribution is -2.52. The number of piperazine rings is 1. The fourth-order valence-corrected chi connectivity index (χ4v) is 3.62. The molecule has 0 bridgehead atoms. The molecule has 0 spiro atoms. The Morgan fingerprint density at radius 1 is 1.22 bits per heavy atom.